The molecular weight excluding hydrogens is 314 g/mol. The van der Waals surface area contributed by atoms with Gasteiger partial charge in [0.05, 0.1) is 12.1 Å². The minimum atomic E-state index is -0.138. The highest BCUT2D eigenvalue weighted by molar-refractivity contribution is 7.12. The number of nitrogens with one attached hydrogen (secondary N) is 1. The molecule has 0 atom stereocenters. The van der Waals surface area contributed by atoms with Gasteiger partial charge in [-0.1, -0.05) is 23.4 Å². The second-order valence-corrected chi connectivity index (χ2v) is 5.69. The first-order chi connectivity index (χ1) is 11.3. The van der Waals surface area contributed by atoms with Crippen LogP contribution in [0.5, 0.6) is 0 Å². The van der Waals surface area contributed by atoms with Gasteiger partial charge in [0, 0.05) is 22.5 Å². The van der Waals surface area contributed by atoms with Gasteiger partial charge in [-0.15, -0.1) is 11.3 Å². The molecular formula is C15H11N5O2S. The number of thiazole rings is 1. The molecule has 0 saturated heterocycles. The SMILES string of the molecule is NCc1nc(-c2csc(C(=O)c3c[nH]c4ccccc34)n2)no1. The zero-order chi connectivity index (χ0) is 15.8. The molecule has 23 heavy (non-hydrogen) atoms. The van der Waals surface area contributed by atoms with E-state index in [1.807, 2.05) is 24.3 Å². The van der Waals surface area contributed by atoms with Crippen molar-refractivity contribution in [3.8, 4) is 11.5 Å². The Balaban J connectivity index is 1.69. The average molecular weight is 325 g/mol. The smallest absolute Gasteiger partial charge is 0.240 e. The summed E-state index contributed by atoms with van der Waals surface area (Å²) < 4.78 is 4.96. The molecule has 7 nitrogen and oxygen atoms in total. The summed E-state index contributed by atoms with van der Waals surface area (Å²) in [4.78, 5) is 24.2. The molecule has 0 bridgehead atoms. The summed E-state index contributed by atoms with van der Waals surface area (Å²) in [5, 5.41) is 6.79. The quantitative estimate of drug-likeness (QED) is 0.557. The number of hydrogen-bond acceptors (Lipinski definition) is 7. The second kappa shape index (κ2) is 5.41. The Hall–Kier alpha value is -2.84. The number of ketones is 1. The molecule has 0 aliphatic heterocycles. The van der Waals surface area contributed by atoms with E-state index in [-0.39, 0.29) is 12.3 Å². The third-order valence-electron chi connectivity index (χ3n) is 3.40. The topological polar surface area (TPSA) is 111 Å². The molecule has 0 amide bonds. The Morgan fingerprint density at radius 1 is 1.30 bits per heavy atom. The summed E-state index contributed by atoms with van der Waals surface area (Å²) in [5.74, 6) is 0.526. The number of fused-ring (bicyclic) bond motifs is 1. The molecule has 4 aromatic rings. The van der Waals surface area contributed by atoms with Crippen LogP contribution in [0.2, 0.25) is 0 Å². The fourth-order valence-electron chi connectivity index (χ4n) is 2.30. The minimum Gasteiger partial charge on any atom is -0.360 e. The van der Waals surface area contributed by atoms with Crippen LogP contribution in [-0.2, 0) is 6.54 Å². The van der Waals surface area contributed by atoms with Gasteiger partial charge in [0.1, 0.15) is 5.69 Å². The number of para-hydroxylation sites is 1. The van der Waals surface area contributed by atoms with Crippen molar-refractivity contribution in [1.29, 1.82) is 0 Å². The predicted molar refractivity (Wildman–Crippen MR) is 85.0 cm³/mol. The average Bonchev–Trinajstić information content (AvgIpc) is 3.31. The number of rotatable bonds is 4. The van der Waals surface area contributed by atoms with Crippen molar-refractivity contribution in [2.75, 3.05) is 0 Å². The van der Waals surface area contributed by atoms with Crippen LogP contribution in [0.15, 0.2) is 40.4 Å². The van der Waals surface area contributed by atoms with E-state index in [4.69, 9.17) is 10.3 Å². The van der Waals surface area contributed by atoms with Gasteiger partial charge in [-0.25, -0.2) is 4.98 Å². The van der Waals surface area contributed by atoms with Crippen LogP contribution < -0.4 is 5.73 Å². The Bertz CT molecular complexity index is 1000. The largest absolute Gasteiger partial charge is 0.360 e. The summed E-state index contributed by atoms with van der Waals surface area (Å²) in [6, 6.07) is 7.64. The van der Waals surface area contributed by atoms with Crippen LogP contribution in [0.1, 0.15) is 21.3 Å². The molecule has 0 fully saturated rings. The van der Waals surface area contributed by atoms with E-state index in [0.717, 1.165) is 10.9 Å². The first-order valence-corrected chi connectivity index (χ1v) is 7.73. The lowest BCUT2D eigenvalue weighted by Crippen LogP contribution is -2.00. The second-order valence-electron chi connectivity index (χ2n) is 4.83. The molecule has 0 spiro atoms. The Kier molecular flexibility index (Phi) is 3.25. The summed E-state index contributed by atoms with van der Waals surface area (Å²) in [6.45, 7) is 0.165. The fourth-order valence-corrected chi connectivity index (χ4v) is 3.05. The number of hydrogen-bond donors (Lipinski definition) is 2. The van der Waals surface area contributed by atoms with E-state index in [1.54, 1.807) is 11.6 Å². The van der Waals surface area contributed by atoms with Gasteiger partial charge >= 0.3 is 0 Å². The molecule has 0 saturated carbocycles. The van der Waals surface area contributed by atoms with Crippen LogP contribution >= 0.6 is 11.3 Å². The standard InChI is InChI=1S/C15H11N5O2S/c16-5-12-19-14(20-22-12)11-7-23-15(18-11)13(21)9-6-17-10-4-2-1-3-8(9)10/h1-4,6-7,17H,5,16H2. The minimum absolute atomic E-state index is 0.138. The lowest BCUT2D eigenvalue weighted by molar-refractivity contribution is 0.104. The maximum atomic E-state index is 12.7. The van der Waals surface area contributed by atoms with Crippen LogP contribution in [0.4, 0.5) is 0 Å². The zero-order valence-electron chi connectivity index (χ0n) is 11.8. The first-order valence-electron chi connectivity index (χ1n) is 6.85. The number of carbonyl (C=O) groups is 1. The monoisotopic (exact) mass is 325 g/mol. The van der Waals surface area contributed by atoms with Crippen LogP contribution in [0.3, 0.4) is 0 Å². The number of H-pyrrole nitrogens is 1. The van der Waals surface area contributed by atoms with E-state index in [0.29, 0.717) is 28.0 Å². The van der Waals surface area contributed by atoms with Crippen molar-refractivity contribution in [3.05, 3.63) is 52.3 Å². The third kappa shape index (κ3) is 2.33. The number of aromatic amines is 1. The van der Waals surface area contributed by atoms with Crippen molar-refractivity contribution < 1.29 is 9.32 Å². The van der Waals surface area contributed by atoms with Gasteiger partial charge in [-0.3, -0.25) is 4.79 Å². The summed E-state index contributed by atoms with van der Waals surface area (Å²) >= 11 is 1.25. The summed E-state index contributed by atoms with van der Waals surface area (Å²) in [7, 11) is 0. The molecule has 0 aliphatic rings. The summed E-state index contributed by atoms with van der Waals surface area (Å²) in [6.07, 6.45) is 1.70. The molecule has 0 aliphatic carbocycles. The number of aromatic nitrogens is 4. The van der Waals surface area contributed by atoms with Crippen molar-refractivity contribution in [3.63, 3.8) is 0 Å². The van der Waals surface area contributed by atoms with Gasteiger partial charge in [0.2, 0.25) is 17.5 Å². The van der Waals surface area contributed by atoms with E-state index < -0.39 is 0 Å². The first kappa shape index (κ1) is 13.8. The van der Waals surface area contributed by atoms with Crippen LogP contribution in [0, 0.1) is 0 Å². The lowest BCUT2D eigenvalue weighted by Gasteiger charge is -1.94. The van der Waals surface area contributed by atoms with Crippen molar-refractivity contribution >= 4 is 28.0 Å². The fraction of sp³-hybridized carbons (Fsp3) is 0.0667. The maximum absolute atomic E-state index is 12.7. The molecule has 1 aromatic carbocycles. The van der Waals surface area contributed by atoms with Gasteiger partial charge in [0.25, 0.3) is 0 Å². The van der Waals surface area contributed by atoms with Gasteiger partial charge in [-0.2, -0.15) is 4.98 Å². The lowest BCUT2D eigenvalue weighted by atomic mass is 10.1. The Morgan fingerprint density at radius 2 is 2.17 bits per heavy atom. The highest BCUT2D eigenvalue weighted by Crippen LogP contribution is 2.25. The number of carbonyl (C=O) groups excluding carboxylic acids is 1. The third-order valence-corrected chi connectivity index (χ3v) is 4.25. The molecule has 3 aromatic heterocycles. The molecule has 3 N–H and O–H groups in total. The summed E-state index contributed by atoms with van der Waals surface area (Å²) in [5.41, 5.74) is 7.45. The molecule has 0 radical (unpaired) electrons. The maximum Gasteiger partial charge on any atom is 0.240 e. The van der Waals surface area contributed by atoms with Crippen molar-refractivity contribution in [2.24, 2.45) is 5.73 Å². The van der Waals surface area contributed by atoms with Crippen molar-refractivity contribution in [2.45, 2.75) is 6.54 Å². The van der Waals surface area contributed by atoms with Gasteiger partial charge in [-0.05, 0) is 6.07 Å². The van der Waals surface area contributed by atoms with E-state index >= 15 is 0 Å². The molecule has 0 unspecified atom stereocenters. The van der Waals surface area contributed by atoms with Crippen LogP contribution in [0.25, 0.3) is 22.4 Å². The highest BCUT2D eigenvalue weighted by atomic mass is 32.1. The number of nitrogens with zero attached hydrogens (tertiary/aromatic N) is 3. The van der Waals surface area contributed by atoms with Crippen molar-refractivity contribution in [1.82, 2.24) is 20.1 Å². The molecule has 8 heteroatoms. The van der Waals surface area contributed by atoms with E-state index in [9.17, 15) is 4.79 Å². The van der Waals surface area contributed by atoms with Crippen LogP contribution in [-0.4, -0.2) is 25.9 Å². The van der Waals surface area contributed by atoms with E-state index in [1.165, 1.54) is 11.3 Å². The predicted octanol–water partition coefficient (Wildman–Crippen LogP) is 2.36. The Morgan fingerprint density at radius 3 is 3.00 bits per heavy atom. The number of benzene rings is 1. The molecule has 114 valence electrons. The molecule has 3 heterocycles. The number of nitrogens with two attached hydrogens (primary N) is 1. The van der Waals surface area contributed by atoms with Gasteiger partial charge in [0.15, 0.2) is 5.01 Å². The molecule has 4 rings (SSSR count). The highest BCUT2D eigenvalue weighted by Gasteiger charge is 2.19. The van der Waals surface area contributed by atoms with Gasteiger partial charge < -0.3 is 15.2 Å². The normalized spacial score (nSPS) is 11.2. The Labute approximate surface area is 134 Å². The zero-order valence-corrected chi connectivity index (χ0v) is 12.6. The van der Waals surface area contributed by atoms with E-state index in [2.05, 4.69) is 20.1 Å².